The van der Waals surface area contributed by atoms with E-state index in [-0.39, 0.29) is 18.3 Å². The Kier molecular flexibility index (Phi) is 2.11. The van der Waals surface area contributed by atoms with Gasteiger partial charge in [-0.3, -0.25) is 0 Å². The van der Waals surface area contributed by atoms with Crippen LogP contribution in [-0.4, -0.2) is 18.3 Å². The van der Waals surface area contributed by atoms with Gasteiger partial charge in [-0.15, -0.1) is 0 Å². The van der Waals surface area contributed by atoms with Gasteiger partial charge in [-0.05, 0) is 44.3 Å². The molecular formula is C14H17BO2. The van der Waals surface area contributed by atoms with Gasteiger partial charge >= 0.3 is 7.12 Å². The SMILES string of the molecule is CC1(C)OB(C2=Cc3ccccc32)OC1(C)C. The molecule has 0 amide bonds. The van der Waals surface area contributed by atoms with Crippen LogP contribution in [0.15, 0.2) is 24.3 Å². The normalized spacial score (nSPS) is 24.0. The van der Waals surface area contributed by atoms with Crippen LogP contribution in [0.3, 0.4) is 0 Å². The highest BCUT2D eigenvalue weighted by atomic mass is 16.7. The van der Waals surface area contributed by atoms with Crippen LogP contribution in [0, 0.1) is 0 Å². The van der Waals surface area contributed by atoms with Gasteiger partial charge in [0.05, 0.1) is 11.2 Å². The Labute approximate surface area is 103 Å². The third-order valence-electron chi connectivity index (χ3n) is 4.09. The van der Waals surface area contributed by atoms with E-state index < -0.39 is 0 Å². The maximum absolute atomic E-state index is 6.03. The summed E-state index contributed by atoms with van der Waals surface area (Å²) in [7, 11) is -0.227. The summed E-state index contributed by atoms with van der Waals surface area (Å²) >= 11 is 0. The van der Waals surface area contributed by atoms with Crippen LogP contribution in [0.1, 0.15) is 38.8 Å². The highest BCUT2D eigenvalue weighted by Crippen LogP contribution is 2.44. The molecule has 0 unspecified atom stereocenters. The van der Waals surface area contributed by atoms with Gasteiger partial charge in [0.25, 0.3) is 0 Å². The van der Waals surface area contributed by atoms with Crippen LogP contribution in [0.25, 0.3) is 11.5 Å². The summed E-state index contributed by atoms with van der Waals surface area (Å²) in [5, 5.41) is 0. The summed E-state index contributed by atoms with van der Waals surface area (Å²) in [6, 6.07) is 8.34. The summed E-state index contributed by atoms with van der Waals surface area (Å²) < 4.78 is 12.1. The Morgan fingerprint density at radius 3 is 2.12 bits per heavy atom. The first-order chi connectivity index (χ1) is 7.91. The molecule has 3 rings (SSSR count). The molecule has 0 spiro atoms. The second-order valence-corrected chi connectivity index (χ2v) is 5.78. The van der Waals surface area contributed by atoms with E-state index in [0.717, 1.165) is 0 Å². The van der Waals surface area contributed by atoms with E-state index in [4.69, 9.17) is 9.31 Å². The topological polar surface area (TPSA) is 18.5 Å². The average Bonchev–Trinajstić information content (AvgIpc) is 2.38. The molecule has 0 aromatic heterocycles. The van der Waals surface area contributed by atoms with Gasteiger partial charge in [0.1, 0.15) is 0 Å². The standard InChI is InChI=1S/C14H17BO2/c1-13(2)14(3,4)17-15(16-13)12-9-10-7-5-6-8-11(10)12/h5-9H,1-4H3. The van der Waals surface area contributed by atoms with Crippen molar-refractivity contribution in [2.75, 3.05) is 0 Å². The van der Waals surface area contributed by atoms with E-state index >= 15 is 0 Å². The maximum Gasteiger partial charge on any atom is 0.495 e. The molecule has 0 N–H and O–H groups in total. The molecule has 88 valence electrons. The van der Waals surface area contributed by atoms with Gasteiger partial charge in [0, 0.05) is 0 Å². The Morgan fingerprint density at radius 2 is 1.53 bits per heavy atom. The van der Waals surface area contributed by atoms with E-state index in [0.29, 0.717) is 0 Å². The minimum Gasteiger partial charge on any atom is -0.399 e. The molecule has 1 saturated heterocycles. The zero-order valence-corrected chi connectivity index (χ0v) is 10.8. The Balaban J connectivity index is 1.87. The first-order valence-corrected chi connectivity index (χ1v) is 6.07. The van der Waals surface area contributed by atoms with Crippen molar-refractivity contribution in [1.82, 2.24) is 0 Å². The zero-order valence-electron chi connectivity index (χ0n) is 10.8. The lowest BCUT2D eigenvalue weighted by Crippen LogP contribution is -2.41. The highest BCUT2D eigenvalue weighted by molar-refractivity contribution is 6.72. The van der Waals surface area contributed by atoms with E-state index in [2.05, 4.69) is 58.0 Å². The Hall–Kier alpha value is -1.06. The third-order valence-corrected chi connectivity index (χ3v) is 4.09. The number of hydrogen-bond donors (Lipinski definition) is 0. The van der Waals surface area contributed by atoms with E-state index in [1.54, 1.807) is 0 Å². The first-order valence-electron chi connectivity index (χ1n) is 6.07. The minimum atomic E-state index is -0.261. The molecule has 0 radical (unpaired) electrons. The van der Waals surface area contributed by atoms with Crippen LogP contribution >= 0.6 is 0 Å². The van der Waals surface area contributed by atoms with Gasteiger partial charge in [0.2, 0.25) is 0 Å². The fraction of sp³-hybridized carbons (Fsp3) is 0.429. The van der Waals surface area contributed by atoms with Crippen molar-refractivity contribution in [1.29, 1.82) is 0 Å². The molecule has 1 aliphatic heterocycles. The molecule has 0 bridgehead atoms. The third kappa shape index (κ3) is 1.49. The fourth-order valence-corrected chi connectivity index (χ4v) is 2.22. The van der Waals surface area contributed by atoms with E-state index in [1.807, 2.05) is 0 Å². The minimum absolute atomic E-state index is 0.227. The molecule has 0 saturated carbocycles. The summed E-state index contributed by atoms with van der Waals surface area (Å²) in [6.45, 7) is 8.33. The average molecular weight is 228 g/mol. The van der Waals surface area contributed by atoms with Crippen molar-refractivity contribution >= 4 is 18.7 Å². The van der Waals surface area contributed by atoms with Crippen molar-refractivity contribution in [2.45, 2.75) is 38.9 Å². The molecule has 2 nitrogen and oxygen atoms in total. The second kappa shape index (κ2) is 3.24. The molecule has 3 heteroatoms. The predicted octanol–water partition coefficient (Wildman–Crippen LogP) is 3.17. The number of rotatable bonds is 1. The van der Waals surface area contributed by atoms with Crippen LogP contribution in [0.2, 0.25) is 0 Å². The monoisotopic (exact) mass is 228 g/mol. The Morgan fingerprint density at radius 1 is 0.941 bits per heavy atom. The number of hydrogen-bond acceptors (Lipinski definition) is 2. The fourth-order valence-electron chi connectivity index (χ4n) is 2.22. The van der Waals surface area contributed by atoms with Gasteiger partial charge in [0.15, 0.2) is 0 Å². The van der Waals surface area contributed by atoms with Crippen LogP contribution in [0.4, 0.5) is 0 Å². The summed E-state index contributed by atoms with van der Waals surface area (Å²) in [6.07, 6.45) is 2.15. The number of benzene rings is 1. The molecule has 1 aromatic rings. The molecular weight excluding hydrogens is 211 g/mol. The van der Waals surface area contributed by atoms with Crippen molar-refractivity contribution in [3.05, 3.63) is 35.4 Å². The number of fused-ring (bicyclic) bond motifs is 1. The zero-order chi connectivity index (χ0) is 12.3. The first kappa shape index (κ1) is 11.1. The van der Waals surface area contributed by atoms with Crippen LogP contribution in [-0.2, 0) is 9.31 Å². The molecule has 1 aliphatic carbocycles. The van der Waals surface area contributed by atoms with E-state index in [1.165, 1.54) is 16.6 Å². The van der Waals surface area contributed by atoms with Crippen LogP contribution < -0.4 is 0 Å². The van der Waals surface area contributed by atoms with Crippen molar-refractivity contribution in [3.63, 3.8) is 0 Å². The van der Waals surface area contributed by atoms with E-state index in [9.17, 15) is 0 Å². The maximum atomic E-state index is 6.03. The van der Waals surface area contributed by atoms with Gasteiger partial charge in [-0.1, -0.05) is 30.3 Å². The molecule has 1 aromatic carbocycles. The molecule has 2 aliphatic rings. The molecule has 1 fully saturated rings. The lowest BCUT2D eigenvalue weighted by molar-refractivity contribution is 0.00578. The summed E-state index contributed by atoms with van der Waals surface area (Å²) in [5.41, 5.74) is 3.17. The second-order valence-electron chi connectivity index (χ2n) is 5.78. The lowest BCUT2D eigenvalue weighted by atomic mass is 9.66. The summed E-state index contributed by atoms with van der Waals surface area (Å²) in [4.78, 5) is 0. The van der Waals surface area contributed by atoms with Crippen molar-refractivity contribution in [3.8, 4) is 0 Å². The summed E-state index contributed by atoms with van der Waals surface area (Å²) in [5.74, 6) is 0. The Bertz CT molecular complexity index is 487. The molecule has 17 heavy (non-hydrogen) atoms. The van der Waals surface area contributed by atoms with Crippen molar-refractivity contribution < 1.29 is 9.31 Å². The van der Waals surface area contributed by atoms with Gasteiger partial charge < -0.3 is 9.31 Å². The lowest BCUT2D eigenvalue weighted by Gasteiger charge is -2.32. The largest absolute Gasteiger partial charge is 0.495 e. The highest BCUT2D eigenvalue weighted by Gasteiger charge is 2.53. The predicted molar refractivity (Wildman–Crippen MR) is 70.4 cm³/mol. The van der Waals surface area contributed by atoms with Crippen LogP contribution in [0.5, 0.6) is 0 Å². The van der Waals surface area contributed by atoms with Crippen molar-refractivity contribution in [2.24, 2.45) is 0 Å². The molecule has 0 atom stereocenters. The quantitative estimate of drug-likeness (QED) is 0.687. The smallest absolute Gasteiger partial charge is 0.399 e. The van der Waals surface area contributed by atoms with Gasteiger partial charge in [-0.2, -0.15) is 0 Å². The molecule has 1 heterocycles. The van der Waals surface area contributed by atoms with Gasteiger partial charge in [-0.25, -0.2) is 0 Å².